The fraction of sp³-hybridized carbons (Fsp3) is 0.103. The van der Waals surface area contributed by atoms with Crippen LogP contribution < -0.4 is 32.4 Å². The van der Waals surface area contributed by atoms with E-state index in [0.29, 0.717) is 24.3 Å². The van der Waals surface area contributed by atoms with Gasteiger partial charge in [-0.15, -0.1) is 0 Å². The third-order valence-corrected chi connectivity index (χ3v) is 6.48. The molecule has 0 aliphatic heterocycles. The number of hydrogen-bond acceptors (Lipinski definition) is 6. The molecule has 0 heterocycles. The van der Waals surface area contributed by atoms with Crippen molar-refractivity contribution in [1.29, 1.82) is 0 Å². The number of nitrogen functional groups attached to an aromatic ring is 2. The highest BCUT2D eigenvalue weighted by molar-refractivity contribution is 5.99. The SMILES string of the molecule is NC(=O)c1cc(Oc2ccc(C(c3ccc(Oc4ccc(N)c(C(N)=O)c4)cc3)(C(F)(F)F)C(F)(F)F)cc2)ccc1N. The van der Waals surface area contributed by atoms with Crippen LogP contribution in [0, 0.1) is 0 Å². The molecule has 8 nitrogen and oxygen atoms in total. The molecule has 4 rings (SSSR count). The largest absolute Gasteiger partial charge is 0.457 e. The van der Waals surface area contributed by atoms with Gasteiger partial charge in [0.05, 0.1) is 11.1 Å². The lowest BCUT2D eigenvalue weighted by atomic mass is 9.73. The lowest BCUT2D eigenvalue weighted by Gasteiger charge is -2.38. The van der Waals surface area contributed by atoms with E-state index in [4.69, 9.17) is 32.4 Å². The van der Waals surface area contributed by atoms with Gasteiger partial charge in [0.1, 0.15) is 23.0 Å². The Balaban J connectivity index is 1.71. The van der Waals surface area contributed by atoms with E-state index in [2.05, 4.69) is 0 Å². The standard InChI is InChI=1S/C29H22F6N4O4/c30-28(31,32)27(29(33,34)35,15-1-5-17(6-2-15)42-19-9-11-23(36)21(13-19)25(38)40)16-3-7-18(8-4-16)43-20-10-12-24(37)22(14-20)26(39)41/h1-14H,36-37H2,(H2,38,40)(H2,39,41). The average Bonchev–Trinajstić information content (AvgIpc) is 2.91. The molecule has 0 fully saturated rings. The van der Waals surface area contributed by atoms with Crippen LogP contribution in [0.25, 0.3) is 0 Å². The summed E-state index contributed by atoms with van der Waals surface area (Å²) in [6.45, 7) is 0. The zero-order valence-electron chi connectivity index (χ0n) is 21.8. The predicted molar refractivity (Wildman–Crippen MR) is 145 cm³/mol. The van der Waals surface area contributed by atoms with Crippen LogP contribution >= 0.6 is 0 Å². The second-order valence-corrected chi connectivity index (χ2v) is 9.23. The minimum atomic E-state index is -5.84. The minimum Gasteiger partial charge on any atom is -0.457 e. The van der Waals surface area contributed by atoms with Gasteiger partial charge in [-0.2, -0.15) is 26.3 Å². The number of halogens is 6. The molecule has 4 aromatic carbocycles. The van der Waals surface area contributed by atoms with Gasteiger partial charge < -0.3 is 32.4 Å². The monoisotopic (exact) mass is 604 g/mol. The van der Waals surface area contributed by atoms with E-state index in [1.165, 1.54) is 36.4 Å². The van der Waals surface area contributed by atoms with Crippen LogP contribution in [0.15, 0.2) is 84.9 Å². The number of rotatable bonds is 8. The van der Waals surface area contributed by atoms with Crippen LogP contribution in [0.1, 0.15) is 31.8 Å². The number of benzene rings is 4. The van der Waals surface area contributed by atoms with E-state index in [0.717, 1.165) is 24.3 Å². The summed E-state index contributed by atoms with van der Waals surface area (Å²) in [6, 6.07) is 14.0. The zero-order chi connectivity index (χ0) is 31.7. The van der Waals surface area contributed by atoms with Crippen molar-refractivity contribution in [3.63, 3.8) is 0 Å². The Bertz CT molecular complexity index is 1550. The molecule has 4 aromatic rings. The summed E-state index contributed by atoms with van der Waals surface area (Å²) in [6.07, 6.45) is -11.7. The highest BCUT2D eigenvalue weighted by Gasteiger charge is 2.72. The van der Waals surface area contributed by atoms with Crippen molar-refractivity contribution in [3.8, 4) is 23.0 Å². The third kappa shape index (κ3) is 5.84. The first-order valence-electron chi connectivity index (χ1n) is 12.1. The molecule has 0 radical (unpaired) electrons. The van der Waals surface area contributed by atoms with Crippen LogP contribution in [-0.4, -0.2) is 24.2 Å². The molecule has 14 heteroatoms. The van der Waals surface area contributed by atoms with Crippen LogP contribution in [-0.2, 0) is 5.41 Å². The Labute approximate surface area is 239 Å². The number of primary amides is 2. The first-order valence-corrected chi connectivity index (χ1v) is 12.1. The summed E-state index contributed by atoms with van der Waals surface area (Å²) in [5.41, 5.74) is 15.0. The van der Waals surface area contributed by atoms with E-state index < -0.39 is 40.7 Å². The Morgan fingerprint density at radius 3 is 1.09 bits per heavy atom. The fourth-order valence-electron chi connectivity index (χ4n) is 4.42. The van der Waals surface area contributed by atoms with E-state index in [1.807, 2.05) is 0 Å². The number of ether oxygens (including phenoxy) is 2. The van der Waals surface area contributed by atoms with Crippen LogP contribution in [0.3, 0.4) is 0 Å². The molecule has 2 amide bonds. The Hall–Kier alpha value is -5.40. The maximum atomic E-state index is 14.6. The summed E-state index contributed by atoms with van der Waals surface area (Å²) >= 11 is 0. The summed E-state index contributed by atoms with van der Waals surface area (Å²) < 4.78 is 98.3. The van der Waals surface area contributed by atoms with Gasteiger partial charge in [-0.25, -0.2) is 0 Å². The molecule has 0 saturated carbocycles. The van der Waals surface area contributed by atoms with Gasteiger partial charge in [0.25, 0.3) is 11.8 Å². The van der Waals surface area contributed by atoms with Gasteiger partial charge in [0.2, 0.25) is 5.41 Å². The Morgan fingerprint density at radius 2 is 0.814 bits per heavy atom. The normalized spacial score (nSPS) is 12.0. The van der Waals surface area contributed by atoms with Gasteiger partial charge in [-0.1, -0.05) is 24.3 Å². The number of anilines is 2. The topological polar surface area (TPSA) is 157 Å². The second-order valence-electron chi connectivity index (χ2n) is 9.23. The molecule has 0 unspecified atom stereocenters. The van der Waals surface area contributed by atoms with Crippen molar-refractivity contribution >= 4 is 23.2 Å². The average molecular weight is 605 g/mol. The quantitative estimate of drug-likeness (QED) is 0.142. The highest BCUT2D eigenvalue weighted by Crippen LogP contribution is 2.56. The molecule has 0 aliphatic rings. The zero-order valence-corrected chi connectivity index (χ0v) is 21.8. The number of alkyl halides is 6. The fourth-order valence-corrected chi connectivity index (χ4v) is 4.42. The summed E-state index contributed by atoms with van der Waals surface area (Å²) in [4.78, 5) is 23.0. The van der Waals surface area contributed by atoms with Crippen molar-refractivity contribution in [1.82, 2.24) is 0 Å². The van der Waals surface area contributed by atoms with Gasteiger partial charge in [0, 0.05) is 11.4 Å². The molecule has 8 N–H and O–H groups in total. The van der Waals surface area contributed by atoms with Crippen LogP contribution in [0.5, 0.6) is 23.0 Å². The smallest absolute Gasteiger partial charge is 0.411 e. The van der Waals surface area contributed by atoms with E-state index >= 15 is 0 Å². The number of carbonyl (C=O) groups excluding carboxylic acids is 2. The van der Waals surface area contributed by atoms with Gasteiger partial charge in [-0.3, -0.25) is 9.59 Å². The first kappa shape index (κ1) is 30.6. The molecule has 0 bridgehead atoms. The molecule has 0 atom stereocenters. The van der Waals surface area contributed by atoms with Crippen molar-refractivity contribution < 1.29 is 45.4 Å². The number of amides is 2. The molecular formula is C29H22F6N4O4. The lowest BCUT2D eigenvalue weighted by Crippen LogP contribution is -2.54. The molecule has 0 spiro atoms. The molecule has 0 aliphatic carbocycles. The van der Waals surface area contributed by atoms with E-state index in [-0.39, 0.29) is 45.5 Å². The molecule has 0 aromatic heterocycles. The lowest BCUT2D eigenvalue weighted by molar-refractivity contribution is -0.288. The number of hydrogen-bond donors (Lipinski definition) is 4. The predicted octanol–water partition coefficient (Wildman–Crippen LogP) is 6.04. The van der Waals surface area contributed by atoms with Gasteiger partial charge in [-0.05, 0) is 71.8 Å². The summed E-state index contributed by atoms with van der Waals surface area (Å²) in [5.74, 6) is -1.92. The molecule has 224 valence electrons. The van der Waals surface area contributed by atoms with Gasteiger partial charge in [0.15, 0.2) is 0 Å². The van der Waals surface area contributed by atoms with Crippen molar-refractivity contribution in [3.05, 3.63) is 107 Å². The highest BCUT2D eigenvalue weighted by atomic mass is 19.4. The maximum Gasteiger partial charge on any atom is 0.411 e. The Kier molecular flexibility index (Phi) is 7.90. The second kappa shape index (κ2) is 11.1. The number of nitrogens with two attached hydrogens (primary N) is 4. The van der Waals surface area contributed by atoms with Gasteiger partial charge >= 0.3 is 12.4 Å². The molecular weight excluding hydrogens is 582 g/mol. The maximum absolute atomic E-state index is 14.6. The van der Waals surface area contributed by atoms with E-state index in [1.54, 1.807) is 0 Å². The summed E-state index contributed by atoms with van der Waals surface area (Å²) in [7, 11) is 0. The minimum absolute atomic E-state index is 0.0216. The van der Waals surface area contributed by atoms with Crippen LogP contribution in [0.4, 0.5) is 37.7 Å². The number of carbonyl (C=O) groups is 2. The Morgan fingerprint density at radius 1 is 0.512 bits per heavy atom. The molecule has 0 saturated heterocycles. The van der Waals surface area contributed by atoms with Crippen molar-refractivity contribution in [2.24, 2.45) is 11.5 Å². The first-order chi connectivity index (χ1) is 20.0. The summed E-state index contributed by atoms with van der Waals surface area (Å²) in [5, 5.41) is 0. The van der Waals surface area contributed by atoms with Crippen molar-refractivity contribution in [2.45, 2.75) is 17.8 Å². The third-order valence-electron chi connectivity index (χ3n) is 6.48. The van der Waals surface area contributed by atoms with E-state index in [9.17, 15) is 35.9 Å². The van der Waals surface area contributed by atoms with Crippen LogP contribution in [0.2, 0.25) is 0 Å². The molecule has 43 heavy (non-hydrogen) atoms. The van der Waals surface area contributed by atoms with Crippen molar-refractivity contribution in [2.75, 3.05) is 11.5 Å².